The first-order valence-corrected chi connectivity index (χ1v) is 8.09. The Bertz CT molecular complexity index is 333. The molecule has 5 nitrogen and oxygen atoms in total. The summed E-state index contributed by atoms with van der Waals surface area (Å²) in [4.78, 5) is 16.3. The molecule has 0 saturated heterocycles. The lowest BCUT2D eigenvalue weighted by atomic mass is 10.2. The van der Waals surface area contributed by atoms with Gasteiger partial charge in [-0.3, -0.25) is 9.79 Å². The lowest BCUT2D eigenvalue weighted by molar-refractivity contribution is -0.121. The SMILES string of the molecule is CCNC(=NCC1CC1)NCCC(=O)NC1CCCC1. The van der Waals surface area contributed by atoms with Crippen LogP contribution in [0, 0.1) is 5.92 Å². The summed E-state index contributed by atoms with van der Waals surface area (Å²) in [5.41, 5.74) is 0. The molecule has 2 saturated carbocycles. The summed E-state index contributed by atoms with van der Waals surface area (Å²) in [5, 5.41) is 9.56. The minimum absolute atomic E-state index is 0.155. The van der Waals surface area contributed by atoms with Crippen molar-refractivity contribution >= 4 is 11.9 Å². The maximum absolute atomic E-state index is 11.8. The maximum atomic E-state index is 11.8. The Labute approximate surface area is 122 Å². The van der Waals surface area contributed by atoms with E-state index >= 15 is 0 Å². The number of carbonyl (C=O) groups excluding carboxylic acids is 1. The first-order chi connectivity index (χ1) is 9.78. The van der Waals surface area contributed by atoms with Gasteiger partial charge in [0.2, 0.25) is 5.91 Å². The van der Waals surface area contributed by atoms with E-state index in [0.717, 1.165) is 37.8 Å². The number of hydrogen-bond acceptors (Lipinski definition) is 2. The van der Waals surface area contributed by atoms with Crippen LogP contribution in [0.5, 0.6) is 0 Å². The number of guanidine groups is 1. The molecule has 0 aromatic heterocycles. The Hall–Kier alpha value is -1.26. The van der Waals surface area contributed by atoms with Crippen LogP contribution in [-0.4, -0.2) is 37.5 Å². The molecule has 0 heterocycles. The van der Waals surface area contributed by atoms with E-state index in [1.807, 2.05) is 0 Å². The third-order valence-electron chi connectivity index (χ3n) is 3.91. The predicted molar refractivity (Wildman–Crippen MR) is 81.7 cm³/mol. The second kappa shape index (κ2) is 8.12. The molecule has 0 spiro atoms. The van der Waals surface area contributed by atoms with Gasteiger partial charge in [-0.15, -0.1) is 0 Å². The van der Waals surface area contributed by atoms with Gasteiger partial charge in [-0.2, -0.15) is 0 Å². The van der Waals surface area contributed by atoms with Gasteiger partial charge in [-0.1, -0.05) is 12.8 Å². The fraction of sp³-hybridized carbons (Fsp3) is 0.867. The van der Waals surface area contributed by atoms with E-state index in [-0.39, 0.29) is 5.91 Å². The van der Waals surface area contributed by atoms with Crippen molar-refractivity contribution in [1.29, 1.82) is 0 Å². The van der Waals surface area contributed by atoms with Gasteiger partial charge in [0.05, 0.1) is 0 Å². The highest BCUT2D eigenvalue weighted by Gasteiger charge is 2.20. The van der Waals surface area contributed by atoms with Crippen LogP contribution in [0.2, 0.25) is 0 Å². The summed E-state index contributed by atoms with van der Waals surface area (Å²) in [6, 6.07) is 0.416. The average molecular weight is 280 g/mol. The van der Waals surface area contributed by atoms with Gasteiger partial charge >= 0.3 is 0 Å². The average Bonchev–Trinajstić information content (AvgIpc) is 3.12. The second-order valence-electron chi connectivity index (χ2n) is 5.89. The third-order valence-corrected chi connectivity index (χ3v) is 3.91. The number of aliphatic imine (C=N–C) groups is 1. The van der Waals surface area contributed by atoms with Gasteiger partial charge in [-0.25, -0.2) is 0 Å². The van der Waals surface area contributed by atoms with Crippen molar-refractivity contribution in [2.45, 2.75) is 57.9 Å². The molecule has 2 fully saturated rings. The summed E-state index contributed by atoms with van der Waals surface area (Å²) in [7, 11) is 0. The number of carbonyl (C=O) groups is 1. The van der Waals surface area contributed by atoms with Gasteiger partial charge < -0.3 is 16.0 Å². The molecule has 0 aromatic carbocycles. The molecule has 0 bridgehead atoms. The smallest absolute Gasteiger partial charge is 0.221 e. The molecule has 2 rings (SSSR count). The summed E-state index contributed by atoms with van der Waals surface area (Å²) in [6.45, 7) is 4.46. The molecule has 0 unspecified atom stereocenters. The molecule has 5 heteroatoms. The Morgan fingerprint density at radius 2 is 1.90 bits per heavy atom. The molecular weight excluding hydrogens is 252 g/mol. The summed E-state index contributed by atoms with van der Waals surface area (Å²) in [5.74, 6) is 1.78. The van der Waals surface area contributed by atoms with Crippen molar-refractivity contribution in [3.05, 3.63) is 0 Å². The monoisotopic (exact) mass is 280 g/mol. The summed E-state index contributed by atoms with van der Waals surface area (Å²) in [6.07, 6.45) is 7.93. The highest BCUT2D eigenvalue weighted by Crippen LogP contribution is 2.28. The Balaban J connectivity index is 1.61. The van der Waals surface area contributed by atoms with Crippen LogP contribution in [0.1, 0.15) is 51.9 Å². The number of nitrogens with one attached hydrogen (secondary N) is 3. The molecule has 0 atom stereocenters. The van der Waals surface area contributed by atoms with Crippen LogP contribution in [-0.2, 0) is 4.79 Å². The number of nitrogens with zero attached hydrogens (tertiary/aromatic N) is 1. The molecule has 2 aliphatic carbocycles. The predicted octanol–water partition coefficient (Wildman–Crippen LogP) is 1.40. The van der Waals surface area contributed by atoms with Crippen molar-refractivity contribution in [3.8, 4) is 0 Å². The lowest BCUT2D eigenvalue weighted by Crippen LogP contribution is -2.40. The lowest BCUT2D eigenvalue weighted by Gasteiger charge is -2.13. The minimum atomic E-state index is 0.155. The fourth-order valence-electron chi connectivity index (χ4n) is 2.53. The van der Waals surface area contributed by atoms with Crippen molar-refractivity contribution in [2.24, 2.45) is 10.9 Å². The molecular formula is C15H28N4O. The van der Waals surface area contributed by atoms with E-state index in [0.29, 0.717) is 19.0 Å². The number of hydrogen-bond donors (Lipinski definition) is 3. The second-order valence-corrected chi connectivity index (χ2v) is 5.89. The van der Waals surface area contributed by atoms with Crippen LogP contribution in [0.3, 0.4) is 0 Å². The minimum Gasteiger partial charge on any atom is -0.357 e. The molecule has 0 aliphatic heterocycles. The van der Waals surface area contributed by atoms with Crippen LogP contribution < -0.4 is 16.0 Å². The van der Waals surface area contributed by atoms with Crippen molar-refractivity contribution in [3.63, 3.8) is 0 Å². The van der Waals surface area contributed by atoms with Gasteiger partial charge in [0.1, 0.15) is 0 Å². The topological polar surface area (TPSA) is 65.5 Å². The summed E-state index contributed by atoms with van der Waals surface area (Å²) >= 11 is 0. The van der Waals surface area contributed by atoms with E-state index in [4.69, 9.17) is 0 Å². The largest absolute Gasteiger partial charge is 0.357 e. The Morgan fingerprint density at radius 1 is 1.15 bits per heavy atom. The van der Waals surface area contributed by atoms with Crippen LogP contribution in [0.15, 0.2) is 4.99 Å². The highest BCUT2D eigenvalue weighted by atomic mass is 16.1. The van der Waals surface area contributed by atoms with Gasteiger partial charge in [0.25, 0.3) is 0 Å². The van der Waals surface area contributed by atoms with E-state index < -0.39 is 0 Å². The van der Waals surface area contributed by atoms with E-state index in [9.17, 15) is 4.79 Å². The highest BCUT2D eigenvalue weighted by molar-refractivity contribution is 5.81. The summed E-state index contributed by atoms with van der Waals surface area (Å²) < 4.78 is 0. The molecule has 1 amide bonds. The van der Waals surface area contributed by atoms with E-state index in [2.05, 4.69) is 27.9 Å². The van der Waals surface area contributed by atoms with Crippen molar-refractivity contribution in [2.75, 3.05) is 19.6 Å². The Morgan fingerprint density at radius 3 is 2.55 bits per heavy atom. The van der Waals surface area contributed by atoms with Crippen LogP contribution in [0.25, 0.3) is 0 Å². The standard InChI is InChI=1S/C15H28N4O/c1-2-16-15(18-11-12-7-8-12)17-10-9-14(20)19-13-5-3-4-6-13/h12-13H,2-11H2,1H3,(H,19,20)(H2,16,17,18). The zero-order chi connectivity index (χ0) is 14.2. The zero-order valence-corrected chi connectivity index (χ0v) is 12.6. The molecule has 3 N–H and O–H groups in total. The maximum Gasteiger partial charge on any atom is 0.221 e. The molecule has 0 aromatic rings. The fourth-order valence-corrected chi connectivity index (χ4v) is 2.53. The first-order valence-electron chi connectivity index (χ1n) is 8.09. The van der Waals surface area contributed by atoms with Crippen molar-refractivity contribution < 1.29 is 4.79 Å². The van der Waals surface area contributed by atoms with Gasteiger partial charge in [-0.05, 0) is 38.5 Å². The molecule has 114 valence electrons. The molecule has 2 aliphatic rings. The van der Waals surface area contributed by atoms with Crippen LogP contribution in [0.4, 0.5) is 0 Å². The van der Waals surface area contributed by atoms with Crippen molar-refractivity contribution in [1.82, 2.24) is 16.0 Å². The number of amides is 1. The normalized spacial score (nSPS) is 19.9. The van der Waals surface area contributed by atoms with Gasteiger partial charge in [0.15, 0.2) is 5.96 Å². The van der Waals surface area contributed by atoms with Gasteiger partial charge in [0, 0.05) is 32.1 Å². The Kier molecular flexibility index (Phi) is 6.15. The number of rotatable bonds is 7. The zero-order valence-electron chi connectivity index (χ0n) is 12.6. The first kappa shape index (κ1) is 15.1. The molecule has 0 radical (unpaired) electrons. The molecule has 20 heavy (non-hydrogen) atoms. The van der Waals surface area contributed by atoms with Crippen LogP contribution >= 0.6 is 0 Å². The van der Waals surface area contributed by atoms with E-state index in [1.54, 1.807) is 0 Å². The quantitative estimate of drug-likeness (QED) is 0.488. The van der Waals surface area contributed by atoms with E-state index in [1.165, 1.54) is 25.7 Å². The third kappa shape index (κ3) is 5.80.